The van der Waals surface area contributed by atoms with E-state index in [2.05, 4.69) is 30.3 Å². The van der Waals surface area contributed by atoms with Crippen LogP contribution in [0, 0.1) is 5.92 Å². The van der Waals surface area contributed by atoms with Gasteiger partial charge in [-0.3, -0.25) is 9.36 Å². The minimum Gasteiger partial charge on any atom is -0.396 e. The Morgan fingerprint density at radius 2 is 2.10 bits per heavy atom. The molecule has 0 aliphatic carbocycles. The first-order valence-corrected chi connectivity index (χ1v) is 9.63. The first kappa shape index (κ1) is 20.7. The van der Waals surface area contributed by atoms with Crippen LogP contribution < -0.4 is 5.32 Å². The topological polar surface area (TPSA) is 171 Å². The van der Waals surface area contributed by atoms with Gasteiger partial charge in [0.15, 0.2) is 23.2 Å². The molecule has 3 aromatic rings. The lowest BCUT2D eigenvalue weighted by molar-refractivity contribution is -0.0401. The number of aromatic nitrogens is 4. The van der Waals surface area contributed by atoms with Crippen molar-refractivity contribution in [2.45, 2.75) is 24.9 Å². The van der Waals surface area contributed by atoms with E-state index in [9.17, 15) is 15.0 Å². The third kappa shape index (κ3) is 4.05. The number of benzene rings is 1. The number of fused-ring (bicyclic) bond motifs is 1. The first-order chi connectivity index (χ1) is 15.1. The minimum absolute atomic E-state index is 0.0266. The number of hydrogen-bond donors (Lipinski definition) is 3. The van der Waals surface area contributed by atoms with Crippen LogP contribution in [0.4, 0.5) is 5.82 Å². The van der Waals surface area contributed by atoms with Crippen LogP contribution in [0.5, 0.6) is 0 Å². The lowest BCUT2D eigenvalue weighted by atomic mass is 9.96. The van der Waals surface area contributed by atoms with Gasteiger partial charge in [0, 0.05) is 29.5 Å². The SMILES string of the molecule is [N-]=[N+]=NC[C@H]1[C@@H](O)[C@H](n2cnc3c(NC(=O)c4ccccc4)ncnc32)O[C@@H]1CCO. The Bertz CT molecular complexity index is 1110. The molecule has 0 bridgehead atoms. The number of aliphatic hydroxyl groups excluding tert-OH is 2. The van der Waals surface area contributed by atoms with Crippen molar-refractivity contribution in [2.24, 2.45) is 11.0 Å². The molecule has 0 radical (unpaired) electrons. The number of aliphatic hydroxyl groups is 2. The summed E-state index contributed by atoms with van der Waals surface area (Å²) >= 11 is 0. The fourth-order valence-corrected chi connectivity index (χ4v) is 3.69. The third-order valence-corrected chi connectivity index (χ3v) is 5.19. The largest absolute Gasteiger partial charge is 0.396 e. The fourth-order valence-electron chi connectivity index (χ4n) is 3.69. The fraction of sp³-hybridized carbons (Fsp3) is 0.368. The maximum Gasteiger partial charge on any atom is 0.256 e. The predicted molar refractivity (Wildman–Crippen MR) is 109 cm³/mol. The van der Waals surface area contributed by atoms with E-state index in [-0.39, 0.29) is 31.3 Å². The maximum atomic E-state index is 12.5. The Hall–Kier alpha value is -3.57. The molecular weight excluding hydrogens is 404 g/mol. The molecule has 3 heterocycles. The molecule has 1 aliphatic rings. The number of azide groups is 1. The van der Waals surface area contributed by atoms with E-state index in [0.29, 0.717) is 16.7 Å². The van der Waals surface area contributed by atoms with Crippen LogP contribution in [0.3, 0.4) is 0 Å². The molecule has 0 spiro atoms. The number of nitrogens with zero attached hydrogens (tertiary/aromatic N) is 7. The number of anilines is 1. The highest BCUT2D eigenvalue weighted by Crippen LogP contribution is 2.37. The van der Waals surface area contributed by atoms with Gasteiger partial charge in [-0.15, -0.1) is 0 Å². The molecule has 0 saturated carbocycles. The molecule has 0 unspecified atom stereocenters. The van der Waals surface area contributed by atoms with Crippen LogP contribution in [0.2, 0.25) is 0 Å². The number of rotatable bonds is 7. The highest BCUT2D eigenvalue weighted by atomic mass is 16.5. The number of ether oxygens (including phenoxy) is 1. The van der Waals surface area contributed by atoms with Crippen LogP contribution in [0.25, 0.3) is 21.6 Å². The second kappa shape index (κ2) is 9.06. The highest BCUT2D eigenvalue weighted by Gasteiger charge is 2.44. The summed E-state index contributed by atoms with van der Waals surface area (Å²) in [5.41, 5.74) is 9.78. The second-order valence-corrected chi connectivity index (χ2v) is 7.01. The van der Waals surface area contributed by atoms with Crippen molar-refractivity contribution in [2.75, 3.05) is 18.5 Å². The van der Waals surface area contributed by atoms with Crippen LogP contribution in [0.15, 0.2) is 48.1 Å². The summed E-state index contributed by atoms with van der Waals surface area (Å²) < 4.78 is 7.49. The zero-order valence-corrected chi connectivity index (χ0v) is 16.3. The highest BCUT2D eigenvalue weighted by molar-refractivity contribution is 6.06. The van der Waals surface area contributed by atoms with Gasteiger partial charge in [0.25, 0.3) is 5.91 Å². The zero-order valence-electron chi connectivity index (χ0n) is 16.3. The van der Waals surface area contributed by atoms with Gasteiger partial charge in [0.1, 0.15) is 12.4 Å². The third-order valence-electron chi connectivity index (χ3n) is 5.19. The molecule has 1 aromatic carbocycles. The average molecular weight is 424 g/mol. The van der Waals surface area contributed by atoms with Crippen LogP contribution >= 0.6 is 0 Å². The van der Waals surface area contributed by atoms with E-state index in [1.165, 1.54) is 12.7 Å². The van der Waals surface area contributed by atoms with Crippen molar-refractivity contribution in [1.82, 2.24) is 19.5 Å². The van der Waals surface area contributed by atoms with E-state index in [1.807, 2.05) is 6.07 Å². The molecule has 12 nitrogen and oxygen atoms in total. The van der Waals surface area contributed by atoms with E-state index in [1.54, 1.807) is 28.8 Å². The quantitative estimate of drug-likeness (QED) is 0.294. The van der Waals surface area contributed by atoms with Gasteiger partial charge in [-0.05, 0) is 24.1 Å². The molecular formula is C19H20N8O4. The van der Waals surface area contributed by atoms with Gasteiger partial charge in [-0.1, -0.05) is 23.3 Å². The Morgan fingerprint density at radius 3 is 2.84 bits per heavy atom. The normalized spacial score (nSPS) is 22.9. The smallest absolute Gasteiger partial charge is 0.256 e. The average Bonchev–Trinajstić information content (AvgIpc) is 3.35. The summed E-state index contributed by atoms with van der Waals surface area (Å²) in [6.45, 7) is -0.113. The van der Waals surface area contributed by atoms with Crippen molar-refractivity contribution in [3.63, 3.8) is 0 Å². The molecule has 2 aromatic heterocycles. The number of hydrogen-bond acceptors (Lipinski definition) is 8. The summed E-state index contributed by atoms with van der Waals surface area (Å²) in [6.07, 6.45) is 0.624. The van der Waals surface area contributed by atoms with Gasteiger partial charge < -0.3 is 20.3 Å². The molecule has 3 N–H and O–H groups in total. The van der Waals surface area contributed by atoms with Gasteiger partial charge in [-0.25, -0.2) is 15.0 Å². The molecule has 4 rings (SSSR count). The van der Waals surface area contributed by atoms with Gasteiger partial charge in [0.05, 0.1) is 12.4 Å². The zero-order chi connectivity index (χ0) is 21.8. The molecule has 4 atom stereocenters. The van der Waals surface area contributed by atoms with Gasteiger partial charge >= 0.3 is 0 Å². The van der Waals surface area contributed by atoms with Gasteiger partial charge in [-0.2, -0.15) is 0 Å². The van der Waals surface area contributed by atoms with Crippen molar-refractivity contribution < 1.29 is 19.7 Å². The Balaban J connectivity index is 1.63. The summed E-state index contributed by atoms with van der Waals surface area (Å²) in [5, 5.41) is 26.4. The van der Waals surface area contributed by atoms with Crippen molar-refractivity contribution in [3.8, 4) is 0 Å². The molecule has 1 aliphatic heterocycles. The summed E-state index contributed by atoms with van der Waals surface area (Å²) in [6, 6.07) is 8.69. The molecule has 1 amide bonds. The first-order valence-electron chi connectivity index (χ1n) is 9.63. The van der Waals surface area contributed by atoms with E-state index in [0.717, 1.165) is 0 Å². The molecule has 12 heteroatoms. The molecule has 1 fully saturated rings. The van der Waals surface area contributed by atoms with Crippen molar-refractivity contribution in [1.29, 1.82) is 0 Å². The lowest BCUT2D eigenvalue weighted by Crippen LogP contribution is -2.29. The van der Waals surface area contributed by atoms with Crippen molar-refractivity contribution >= 4 is 22.9 Å². The number of carbonyl (C=O) groups is 1. The maximum absolute atomic E-state index is 12.5. The van der Waals surface area contributed by atoms with E-state index >= 15 is 0 Å². The number of amides is 1. The van der Waals surface area contributed by atoms with Crippen LogP contribution in [-0.4, -0.2) is 61.0 Å². The Morgan fingerprint density at radius 1 is 1.29 bits per heavy atom. The second-order valence-electron chi connectivity index (χ2n) is 7.01. The standard InChI is InChI=1S/C19H20N8O4/c20-26-24-8-12-13(6-7-28)31-19(15(12)29)27-10-23-14-16(21-9-22-17(14)27)25-18(30)11-4-2-1-3-5-11/h1-5,9-10,12-13,15,19,28-29H,6-8H2,(H,21,22,25,30)/t12-,13-,15-,19-/m1/s1. The Labute approximate surface area is 176 Å². The number of nitrogens with one attached hydrogen (secondary N) is 1. The summed E-state index contributed by atoms with van der Waals surface area (Å²) in [4.78, 5) is 27.9. The number of imidazole rings is 1. The van der Waals surface area contributed by atoms with Crippen molar-refractivity contribution in [3.05, 3.63) is 59.0 Å². The van der Waals surface area contributed by atoms with Crippen LogP contribution in [0.1, 0.15) is 23.0 Å². The van der Waals surface area contributed by atoms with E-state index in [4.69, 9.17) is 10.3 Å². The number of carbonyl (C=O) groups excluding carboxylic acids is 1. The van der Waals surface area contributed by atoms with Gasteiger partial charge in [0.2, 0.25) is 0 Å². The van der Waals surface area contributed by atoms with E-state index < -0.39 is 24.4 Å². The molecule has 160 valence electrons. The monoisotopic (exact) mass is 424 g/mol. The predicted octanol–water partition coefficient (Wildman–Crippen LogP) is 1.65. The molecule has 1 saturated heterocycles. The Kier molecular flexibility index (Phi) is 6.05. The summed E-state index contributed by atoms with van der Waals surface area (Å²) in [7, 11) is 0. The minimum atomic E-state index is -1.02. The lowest BCUT2D eigenvalue weighted by Gasteiger charge is -2.18. The van der Waals surface area contributed by atoms with Crippen LogP contribution in [-0.2, 0) is 4.74 Å². The molecule has 31 heavy (non-hydrogen) atoms. The summed E-state index contributed by atoms with van der Waals surface area (Å²) in [5.74, 6) is -0.614.